The van der Waals surface area contributed by atoms with E-state index in [0.717, 1.165) is 37.4 Å². The lowest BCUT2D eigenvalue weighted by Gasteiger charge is -2.34. The zero-order chi connectivity index (χ0) is 23.8. The van der Waals surface area contributed by atoms with E-state index in [2.05, 4.69) is 23.1 Å². The van der Waals surface area contributed by atoms with Crippen molar-refractivity contribution < 1.29 is 14.3 Å². The van der Waals surface area contributed by atoms with E-state index in [1.165, 1.54) is 5.56 Å². The van der Waals surface area contributed by atoms with E-state index in [9.17, 15) is 10.1 Å². The Hall–Kier alpha value is -3.82. The minimum absolute atomic E-state index is 0.0256. The lowest BCUT2D eigenvalue weighted by molar-refractivity contribution is 0.0638. The molecule has 0 atom stereocenters. The number of ether oxygens (including phenoxy) is 2. The fourth-order valence-corrected chi connectivity index (χ4v) is 4.07. The number of benzene rings is 3. The van der Waals surface area contributed by atoms with Crippen molar-refractivity contribution in [2.75, 3.05) is 39.8 Å². The first-order valence-electron chi connectivity index (χ1n) is 11.5. The largest absolute Gasteiger partial charge is 0.497 e. The summed E-state index contributed by atoms with van der Waals surface area (Å²) in [6, 6.07) is 25.0. The van der Waals surface area contributed by atoms with Crippen LogP contribution in [0.1, 0.15) is 27.0 Å². The predicted octanol–water partition coefficient (Wildman–Crippen LogP) is 4.15. The van der Waals surface area contributed by atoms with Crippen molar-refractivity contribution in [1.82, 2.24) is 9.80 Å². The van der Waals surface area contributed by atoms with Gasteiger partial charge in [0.15, 0.2) is 0 Å². The van der Waals surface area contributed by atoms with Crippen LogP contribution < -0.4 is 9.47 Å². The maximum absolute atomic E-state index is 13.1. The molecule has 1 amide bonds. The second kappa shape index (κ2) is 11.4. The van der Waals surface area contributed by atoms with E-state index in [4.69, 9.17) is 9.47 Å². The summed E-state index contributed by atoms with van der Waals surface area (Å²) in [7, 11) is 1.68. The summed E-state index contributed by atoms with van der Waals surface area (Å²) in [6.45, 7) is 4.41. The highest BCUT2D eigenvalue weighted by molar-refractivity contribution is 5.94. The lowest BCUT2D eigenvalue weighted by atomic mass is 10.1. The molecule has 1 aliphatic rings. The average Bonchev–Trinajstić information content (AvgIpc) is 2.91. The molecule has 0 aromatic heterocycles. The van der Waals surface area contributed by atoms with Gasteiger partial charge in [0.25, 0.3) is 5.91 Å². The number of nitriles is 1. The van der Waals surface area contributed by atoms with Crippen LogP contribution in [0.4, 0.5) is 0 Å². The number of methoxy groups -OCH3 is 1. The Bertz CT molecular complexity index is 1150. The number of carbonyl (C=O) groups excluding carboxylic acids is 1. The van der Waals surface area contributed by atoms with Gasteiger partial charge in [-0.25, -0.2) is 0 Å². The molecule has 1 fully saturated rings. The molecule has 0 aliphatic carbocycles. The first kappa shape index (κ1) is 23.3. The fraction of sp³-hybridized carbons (Fsp3) is 0.286. The topological polar surface area (TPSA) is 65.8 Å². The van der Waals surface area contributed by atoms with Crippen molar-refractivity contribution in [1.29, 1.82) is 5.26 Å². The van der Waals surface area contributed by atoms with Crippen LogP contribution in [0.15, 0.2) is 72.8 Å². The molecule has 0 unspecified atom stereocenters. The second-order valence-electron chi connectivity index (χ2n) is 8.32. The smallest absolute Gasteiger partial charge is 0.254 e. The molecule has 174 valence electrons. The summed E-state index contributed by atoms with van der Waals surface area (Å²) in [5, 5.41) is 9.24. The number of carbonyl (C=O) groups is 1. The van der Waals surface area contributed by atoms with Crippen LogP contribution in [0.2, 0.25) is 0 Å². The van der Waals surface area contributed by atoms with Crippen molar-refractivity contribution in [3.8, 4) is 17.6 Å². The third-order valence-electron chi connectivity index (χ3n) is 6.15. The number of hydrogen-bond donors (Lipinski definition) is 0. The van der Waals surface area contributed by atoms with Crippen LogP contribution >= 0.6 is 0 Å². The van der Waals surface area contributed by atoms with E-state index in [1.54, 1.807) is 19.2 Å². The molecule has 1 heterocycles. The Kier molecular flexibility index (Phi) is 7.79. The zero-order valence-electron chi connectivity index (χ0n) is 19.4. The fourth-order valence-electron chi connectivity index (χ4n) is 4.07. The van der Waals surface area contributed by atoms with Crippen LogP contribution in [0.3, 0.4) is 0 Å². The van der Waals surface area contributed by atoms with Gasteiger partial charge in [0, 0.05) is 43.9 Å². The molecule has 4 rings (SSSR count). The van der Waals surface area contributed by atoms with E-state index in [0.29, 0.717) is 30.0 Å². The van der Waals surface area contributed by atoms with Gasteiger partial charge in [-0.3, -0.25) is 9.69 Å². The van der Waals surface area contributed by atoms with E-state index in [1.807, 2.05) is 53.4 Å². The van der Waals surface area contributed by atoms with Crippen molar-refractivity contribution in [3.05, 3.63) is 95.1 Å². The summed E-state index contributed by atoms with van der Waals surface area (Å²) >= 11 is 0. The lowest BCUT2D eigenvalue weighted by Crippen LogP contribution is -2.49. The van der Waals surface area contributed by atoms with E-state index >= 15 is 0 Å². The quantitative estimate of drug-likeness (QED) is 0.511. The molecule has 0 saturated carbocycles. The van der Waals surface area contributed by atoms with Crippen LogP contribution in [0.25, 0.3) is 0 Å². The summed E-state index contributed by atoms with van der Waals surface area (Å²) in [4.78, 5) is 17.4. The summed E-state index contributed by atoms with van der Waals surface area (Å²) < 4.78 is 11.1. The van der Waals surface area contributed by atoms with E-state index < -0.39 is 0 Å². The van der Waals surface area contributed by atoms with Gasteiger partial charge >= 0.3 is 0 Å². The summed E-state index contributed by atoms with van der Waals surface area (Å²) in [6.07, 6.45) is 0.978. The Morgan fingerprint density at radius 1 is 0.941 bits per heavy atom. The maximum Gasteiger partial charge on any atom is 0.254 e. The number of nitrogens with zero attached hydrogens (tertiary/aromatic N) is 3. The van der Waals surface area contributed by atoms with Gasteiger partial charge in [-0.05, 0) is 48.4 Å². The molecule has 0 radical (unpaired) electrons. The number of amides is 1. The Morgan fingerprint density at radius 3 is 2.44 bits per heavy atom. The van der Waals surface area contributed by atoms with Gasteiger partial charge in [-0.2, -0.15) is 5.26 Å². The Morgan fingerprint density at radius 2 is 1.71 bits per heavy atom. The van der Waals surface area contributed by atoms with Crippen LogP contribution in [0, 0.1) is 11.3 Å². The van der Waals surface area contributed by atoms with Crippen molar-refractivity contribution >= 4 is 5.91 Å². The van der Waals surface area contributed by atoms with Crippen LogP contribution in [-0.2, 0) is 13.0 Å². The Labute approximate surface area is 200 Å². The normalized spacial score (nSPS) is 13.8. The molecule has 6 heteroatoms. The molecule has 1 aliphatic heterocycles. The third kappa shape index (κ3) is 5.94. The predicted molar refractivity (Wildman–Crippen MR) is 131 cm³/mol. The molecule has 3 aromatic rings. The standard InChI is InChI=1S/C28H29N3O3/c1-33-26-11-9-22(10-12-26)13-14-30-15-17-31(18-16-30)28(32)23-7-4-8-27(19-23)34-21-25-6-3-2-5-24(25)20-29/h2-12,19H,13-18,21H2,1H3. The molecule has 0 N–H and O–H groups in total. The molecular weight excluding hydrogens is 426 g/mol. The second-order valence-corrected chi connectivity index (χ2v) is 8.32. The molecule has 34 heavy (non-hydrogen) atoms. The van der Waals surface area contributed by atoms with Gasteiger partial charge in [-0.1, -0.05) is 36.4 Å². The van der Waals surface area contributed by atoms with Crippen molar-refractivity contribution in [2.45, 2.75) is 13.0 Å². The average molecular weight is 456 g/mol. The minimum atomic E-state index is 0.0256. The van der Waals surface area contributed by atoms with E-state index in [-0.39, 0.29) is 12.5 Å². The van der Waals surface area contributed by atoms with Gasteiger partial charge in [0.2, 0.25) is 0 Å². The van der Waals surface area contributed by atoms with Crippen molar-refractivity contribution in [3.63, 3.8) is 0 Å². The van der Waals surface area contributed by atoms with Gasteiger partial charge in [0.05, 0.1) is 18.7 Å². The number of rotatable bonds is 8. The minimum Gasteiger partial charge on any atom is -0.497 e. The summed E-state index contributed by atoms with van der Waals surface area (Å²) in [5.41, 5.74) is 3.33. The molecule has 0 bridgehead atoms. The first-order valence-corrected chi connectivity index (χ1v) is 11.5. The number of piperazine rings is 1. The Balaban J connectivity index is 1.27. The number of hydrogen-bond acceptors (Lipinski definition) is 5. The molecule has 0 spiro atoms. The molecule has 3 aromatic carbocycles. The van der Waals surface area contributed by atoms with Crippen molar-refractivity contribution in [2.24, 2.45) is 0 Å². The highest BCUT2D eigenvalue weighted by atomic mass is 16.5. The molecule has 6 nitrogen and oxygen atoms in total. The summed E-state index contributed by atoms with van der Waals surface area (Å²) in [5.74, 6) is 1.52. The SMILES string of the molecule is COc1ccc(CCN2CCN(C(=O)c3cccc(OCc4ccccc4C#N)c3)CC2)cc1. The highest BCUT2D eigenvalue weighted by Gasteiger charge is 2.22. The van der Waals surface area contributed by atoms with Crippen LogP contribution in [0.5, 0.6) is 11.5 Å². The molecular formula is C28H29N3O3. The van der Waals surface area contributed by atoms with Gasteiger partial charge < -0.3 is 14.4 Å². The first-order chi connectivity index (χ1) is 16.7. The third-order valence-corrected chi connectivity index (χ3v) is 6.15. The highest BCUT2D eigenvalue weighted by Crippen LogP contribution is 2.19. The monoisotopic (exact) mass is 455 g/mol. The maximum atomic E-state index is 13.1. The molecule has 1 saturated heterocycles. The van der Waals surface area contributed by atoms with Gasteiger partial charge in [-0.15, -0.1) is 0 Å². The zero-order valence-corrected chi connectivity index (χ0v) is 19.4. The van der Waals surface area contributed by atoms with Gasteiger partial charge in [0.1, 0.15) is 18.1 Å². The van der Waals surface area contributed by atoms with Crippen LogP contribution in [-0.4, -0.2) is 55.5 Å².